The van der Waals surface area contributed by atoms with Crippen molar-refractivity contribution in [1.82, 2.24) is 4.90 Å². The van der Waals surface area contributed by atoms with E-state index in [9.17, 15) is 18.0 Å². The molecule has 1 saturated heterocycles. The summed E-state index contributed by atoms with van der Waals surface area (Å²) in [5.41, 5.74) is 5.72. The molecule has 0 bridgehead atoms. The van der Waals surface area contributed by atoms with Crippen molar-refractivity contribution in [1.29, 1.82) is 0 Å². The Kier molecular flexibility index (Phi) is 6.08. The number of nitrogens with two attached hydrogens (primary N) is 1. The number of nitrogens with zero attached hydrogens (tertiary/aromatic N) is 1. The predicted molar refractivity (Wildman–Crippen MR) is 75.7 cm³/mol. The monoisotopic (exact) mass is 330 g/mol. The maximum absolute atomic E-state index is 11.9. The number of thioether (sulfide) groups is 1. The van der Waals surface area contributed by atoms with Gasteiger partial charge in [-0.1, -0.05) is 12.2 Å². The summed E-state index contributed by atoms with van der Waals surface area (Å²) in [6.07, 6.45) is -1.30. The van der Waals surface area contributed by atoms with Crippen LogP contribution in [0.2, 0.25) is 0 Å². The number of thiocarbonyl (C=S) groups is 1. The van der Waals surface area contributed by atoms with Gasteiger partial charge >= 0.3 is 6.18 Å². The van der Waals surface area contributed by atoms with Gasteiger partial charge in [-0.15, -0.1) is 0 Å². The molecule has 0 atom stereocenters. The van der Waals surface area contributed by atoms with Crippen LogP contribution in [0.3, 0.4) is 0 Å². The summed E-state index contributed by atoms with van der Waals surface area (Å²) in [5, 5.41) is 0. The van der Waals surface area contributed by atoms with Crippen molar-refractivity contribution in [2.45, 2.75) is 23.8 Å². The number of ether oxygens (including phenoxy) is 1. The number of hydrogen-bond acceptors (Lipinski definition) is 4. The molecule has 0 spiro atoms. The summed E-state index contributed by atoms with van der Waals surface area (Å²) in [6, 6.07) is 0. The van der Waals surface area contributed by atoms with Gasteiger partial charge in [0.25, 0.3) is 0 Å². The topological polar surface area (TPSA) is 55.6 Å². The van der Waals surface area contributed by atoms with Crippen LogP contribution in [-0.4, -0.2) is 59.3 Å². The molecule has 116 valence electrons. The van der Waals surface area contributed by atoms with Crippen molar-refractivity contribution in [2.75, 3.05) is 32.6 Å². The fourth-order valence-corrected chi connectivity index (χ4v) is 3.26. The number of amides is 1. The molecule has 1 heterocycles. The van der Waals surface area contributed by atoms with E-state index in [0.29, 0.717) is 30.9 Å². The van der Waals surface area contributed by atoms with Gasteiger partial charge in [-0.3, -0.25) is 4.79 Å². The Morgan fingerprint density at radius 1 is 1.45 bits per heavy atom. The zero-order chi connectivity index (χ0) is 15.4. The first kappa shape index (κ1) is 17.5. The van der Waals surface area contributed by atoms with Crippen LogP contribution in [0.4, 0.5) is 13.2 Å². The summed E-state index contributed by atoms with van der Waals surface area (Å²) >= 11 is 6.60. The van der Waals surface area contributed by atoms with Crippen LogP contribution in [0.1, 0.15) is 12.8 Å². The Balaban J connectivity index is 2.41. The number of halogens is 3. The van der Waals surface area contributed by atoms with Crippen molar-refractivity contribution in [2.24, 2.45) is 5.73 Å². The molecule has 1 aliphatic rings. The highest BCUT2D eigenvalue weighted by Gasteiger charge is 2.38. The van der Waals surface area contributed by atoms with Crippen LogP contribution in [0.15, 0.2) is 0 Å². The molecule has 0 unspecified atom stereocenters. The Labute approximate surface area is 125 Å². The molecule has 1 amide bonds. The number of carbonyl (C=O) groups excluding carboxylic acids is 1. The Hall–Kier alpha value is -0.540. The molecule has 1 rings (SSSR count). The van der Waals surface area contributed by atoms with Crippen LogP contribution in [0.5, 0.6) is 0 Å². The molecular weight excluding hydrogens is 313 g/mol. The SMILES string of the molecule is CSC1(C(N)=S)CCN(C(=O)COCC(F)(F)F)CC1. The van der Waals surface area contributed by atoms with Crippen molar-refractivity contribution in [3.8, 4) is 0 Å². The van der Waals surface area contributed by atoms with Gasteiger partial charge in [0.2, 0.25) is 5.91 Å². The van der Waals surface area contributed by atoms with Crippen molar-refractivity contribution >= 4 is 34.9 Å². The molecule has 0 radical (unpaired) electrons. The standard InChI is InChI=1S/C11H17F3N2O2S2/c1-20-10(9(15)19)2-4-16(5-3-10)8(17)6-18-7-11(12,13)14/h2-7H2,1H3,(H2,15,19). The van der Waals surface area contributed by atoms with Crippen LogP contribution >= 0.6 is 24.0 Å². The molecule has 1 fully saturated rings. The van der Waals surface area contributed by atoms with Gasteiger partial charge in [0.15, 0.2) is 0 Å². The third kappa shape index (κ3) is 4.78. The second-order valence-corrected chi connectivity index (χ2v) is 6.18. The van der Waals surface area contributed by atoms with Crippen LogP contribution < -0.4 is 5.73 Å². The molecule has 0 aromatic carbocycles. The van der Waals surface area contributed by atoms with E-state index in [4.69, 9.17) is 18.0 Å². The average Bonchev–Trinajstić information content (AvgIpc) is 2.37. The highest BCUT2D eigenvalue weighted by atomic mass is 32.2. The van der Waals surface area contributed by atoms with Gasteiger partial charge in [-0.05, 0) is 19.1 Å². The number of alkyl halides is 3. The third-order valence-electron chi connectivity index (χ3n) is 3.25. The van der Waals surface area contributed by atoms with Crippen molar-refractivity contribution < 1.29 is 22.7 Å². The van der Waals surface area contributed by atoms with E-state index >= 15 is 0 Å². The first-order valence-corrected chi connectivity index (χ1v) is 7.61. The second-order valence-electron chi connectivity index (χ2n) is 4.55. The van der Waals surface area contributed by atoms with E-state index in [1.807, 2.05) is 6.26 Å². The van der Waals surface area contributed by atoms with Gasteiger partial charge in [0.05, 0.1) is 9.74 Å². The van der Waals surface area contributed by atoms with E-state index in [0.717, 1.165) is 0 Å². The molecule has 0 saturated carbocycles. The quantitative estimate of drug-likeness (QED) is 0.776. The minimum Gasteiger partial charge on any atom is -0.392 e. The van der Waals surface area contributed by atoms with Crippen LogP contribution in [0.25, 0.3) is 0 Å². The summed E-state index contributed by atoms with van der Waals surface area (Å²) < 4.78 is 39.8. The van der Waals surface area contributed by atoms with Gasteiger partial charge in [-0.2, -0.15) is 24.9 Å². The van der Waals surface area contributed by atoms with E-state index in [2.05, 4.69) is 4.74 Å². The van der Waals surface area contributed by atoms with Crippen molar-refractivity contribution in [3.63, 3.8) is 0 Å². The lowest BCUT2D eigenvalue weighted by molar-refractivity contribution is -0.178. The highest BCUT2D eigenvalue weighted by molar-refractivity contribution is 8.02. The third-order valence-corrected chi connectivity index (χ3v) is 5.18. The van der Waals surface area contributed by atoms with Gasteiger partial charge < -0.3 is 15.4 Å². The maximum Gasteiger partial charge on any atom is 0.411 e. The summed E-state index contributed by atoms with van der Waals surface area (Å²) in [5.74, 6) is -0.438. The van der Waals surface area contributed by atoms with Gasteiger partial charge in [0.1, 0.15) is 13.2 Å². The molecule has 20 heavy (non-hydrogen) atoms. The Morgan fingerprint density at radius 3 is 2.40 bits per heavy atom. The van der Waals surface area contributed by atoms with E-state index in [1.54, 1.807) is 11.8 Å². The van der Waals surface area contributed by atoms with Crippen molar-refractivity contribution in [3.05, 3.63) is 0 Å². The highest BCUT2D eigenvalue weighted by Crippen LogP contribution is 2.34. The smallest absolute Gasteiger partial charge is 0.392 e. The maximum atomic E-state index is 11.9. The first-order chi connectivity index (χ1) is 9.20. The Morgan fingerprint density at radius 2 is 2.00 bits per heavy atom. The summed E-state index contributed by atoms with van der Waals surface area (Å²) in [7, 11) is 0. The van der Waals surface area contributed by atoms with Crippen LogP contribution in [0, 0.1) is 0 Å². The number of likely N-dealkylation sites (tertiary alicyclic amines) is 1. The Bertz CT molecular complexity index is 369. The lowest BCUT2D eigenvalue weighted by Crippen LogP contribution is -2.51. The molecule has 0 aromatic heterocycles. The van der Waals surface area contributed by atoms with E-state index in [1.165, 1.54) is 4.90 Å². The number of hydrogen-bond donors (Lipinski definition) is 1. The molecule has 2 N–H and O–H groups in total. The fraction of sp³-hybridized carbons (Fsp3) is 0.818. The zero-order valence-corrected chi connectivity index (χ0v) is 12.7. The fourth-order valence-electron chi connectivity index (χ4n) is 2.01. The number of rotatable bonds is 5. The number of piperidine rings is 1. The molecule has 4 nitrogen and oxygen atoms in total. The second kappa shape index (κ2) is 6.95. The largest absolute Gasteiger partial charge is 0.411 e. The first-order valence-electron chi connectivity index (χ1n) is 5.97. The predicted octanol–water partition coefficient (Wildman–Crippen LogP) is 1.58. The molecule has 0 aliphatic carbocycles. The molecule has 9 heteroatoms. The summed E-state index contributed by atoms with van der Waals surface area (Å²) in [6.45, 7) is -1.12. The lowest BCUT2D eigenvalue weighted by atomic mass is 9.95. The van der Waals surface area contributed by atoms with E-state index in [-0.39, 0.29) is 4.75 Å². The average molecular weight is 330 g/mol. The molecule has 1 aliphatic heterocycles. The molecule has 0 aromatic rings. The van der Waals surface area contributed by atoms with Crippen LogP contribution in [-0.2, 0) is 9.53 Å². The lowest BCUT2D eigenvalue weighted by Gasteiger charge is -2.40. The minimum atomic E-state index is -4.41. The molecular formula is C11H17F3N2O2S2. The van der Waals surface area contributed by atoms with Gasteiger partial charge in [-0.25, -0.2) is 0 Å². The van der Waals surface area contributed by atoms with Gasteiger partial charge in [0, 0.05) is 13.1 Å². The zero-order valence-electron chi connectivity index (χ0n) is 11.0. The normalized spacial score (nSPS) is 18.9. The summed E-state index contributed by atoms with van der Waals surface area (Å²) in [4.78, 5) is 13.6. The van der Waals surface area contributed by atoms with E-state index < -0.39 is 25.3 Å². The number of carbonyl (C=O) groups is 1. The minimum absolute atomic E-state index is 0.320.